The Hall–Kier alpha value is -2.21. The van der Waals surface area contributed by atoms with E-state index in [0.29, 0.717) is 5.06 Å². The fourth-order valence-electron chi connectivity index (χ4n) is 2.16. The number of halogens is 1. The zero-order valence-corrected chi connectivity index (χ0v) is 12.4. The molecule has 0 N–H and O–H groups in total. The lowest BCUT2D eigenvalue weighted by atomic mass is 10.1. The lowest BCUT2D eigenvalue weighted by molar-refractivity contribution is -0.172. The van der Waals surface area contributed by atoms with Crippen LogP contribution in [0.25, 0.3) is 10.8 Å². The van der Waals surface area contributed by atoms with E-state index < -0.39 is 17.8 Å². The van der Waals surface area contributed by atoms with Gasteiger partial charge in [-0.3, -0.25) is 9.59 Å². The maximum atomic E-state index is 12.0. The van der Waals surface area contributed by atoms with Gasteiger partial charge in [0.25, 0.3) is 11.8 Å². The number of hydrogen-bond donors (Lipinski definition) is 0. The van der Waals surface area contributed by atoms with Crippen molar-refractivity contribution in [3.63, 3.8) is 0 Å². The van der Waals surface area contributed by atoms with Gasteiger partial charge in [0.2, 0.25) is 0 Å². The van der Waals surface area contributed by atoms with E-state index >= 15 is 0 Å². The number of benzene rings is 2. The first-order chi connectivity index (χ1) is 10.1. The van der Waals surface area contributed by atoms with Crippen LogP contribution in [0.1, 0.15) is 23.2 Å². The third-order valence-corrected chi connectivity index (χ3v) is 3.93. The van der Waals surface area contributed by atoms with Crippen molar-refractivity contribution in [2.24, 2.45) is 0 Å². The van der Waals surface area contributed by atoms with E-state index in [9.17, 15) is 14.4 Å². The Morgan fingerprint density at radius 2 is 1.81 bits per heavy atom. The lowest BCUT2D eigenvalue weighted by Gasteiger charge is -2.12. The van der Waals surface area contributed by atoms with Crippen LogP contribution in [0.4, 0.5) is 0 Å². The molecule has 0 aliphatic carbocycles. The minimum Gasteiger partial charge on any atom is -0.325 e. The van der Waals surface area contributed by atoms with Gasteiger partial charge in [-0.05, 0) is 29.0 Å². The maximum absolute atomic E-state index is 12.0. The smallest absolute Gasteiger partial charge is 0.325 e. The van der Waals surface area contributed by atoms with Crippen LogP contribution in [0.2, 0.25) is 0 Å². The normalized spacial score (nSPS) is 14.8. The molecule has 1 fully saturated rings. The van der Waals surface area contributed by atoms with Crippen molar-refractivity contribution in [2.45, 2.75) is 12.8 Å². The predicted molar refractivity (Wildman–Crippen MR) is 78.2 cm³/mol. The highest BCUT2D eigenvalue weighted by molar-refractivity contribution is 9.10. The molecule has 0 spiro atoms. The number of imide groups is 1. The van der Waals surface area contributed by atoms with E-state index in [4.69, 9.17) is 4.84 Å². The van der Waals surface area contributed by atoms with Crippen LogP contribution in [-0.4, -0.2) is 22.8 Å². The number of hydrogen-bond acceptors (Lipinski definition) is 4. The first-order valence-corrected chi connectivity index (χ1v) is 7.12. The molecular formula is C15H10BrNO4. The molecule has 0 aromatic heterocycles. The Kier molecular flexibility index (Phi) is 3.47. The standard InChI is InChI=1S/C15H10BrNO4/c16-12-3-1-2-9-8-10(4-5-11(9)12)15(20)21-17-13(18)6-7-14(17)19/h1-5,8H,6-7H2. The highest BCUT2D eigenvalue weighted by Gasteiger charge is 2.33. The van der Waals surface area contributed by atoms with Crippen molar-refractivity contribution in [3.8, 4) is 0 Å². The Morgan fingerprint density at radius 1 is 1.10 bits per heavy atom. The van der Waals surface area contributed by atoms with Crippen molar-refractivity contribution >= 4 is 44.5 Å². The highest BCUT2D eigenvalue weighted by atomic mass is 79.9. The van der Waals surface area contributed by atoms with E-state index in [0.717, 1.165) is 15.2 Å². The van der Waals surface area contributed by atoms with Gasteiger partial charge in [0.1, 0.15) is 0 Å². The summed E-state index contributed by atoms with van der Waals surface area (Å²) in [6.45, 7) is 0. The van der Waals surface area contributed by atoms with Crippen LogP contribution in [-0.2, 0) is 14.4 Å². The van der Waals surface area contributed by atoms with Crippen molar-refractivity contribution in [2.75, 3.05) is 0 Å². The third kappa shape index (κ3) is 2.54. The zero-order valence-electron chi connectivity index (χ0n) is 10.8. The van der Waals surface area contributed by atoms with Crippen molar-refractivity contribution < 1.29 is 19.2 Å². The molecule has 1 aliphatic heterocycles. The van der Waals surface area contributed by atoms with Gasteiger partial charge in [-0.1, -0.05) is 34.1 Å². The molecule has 0 saturated carbocycles. The second kappa shape index (κ2) is 5.29. The molecule has 0 bridgehead atoms. The minimum atomic E-state index is -0.722. The second-order valence-corrected chi connectivity index (χ2v) is 5.49. The largest absolute Gasteiger partial charge is 0.363 e. The molecule has 1 aliphatic rings. The summed E-state index contributed by atoms with van der Waals surface area (Å²) in [6, 6.07) is 10.7. The topological polar surface area (TPSA) is 63.7 Å². The molecule has 0 unspecified atom stereocenters. The van der Waals surface area contributed by atoms with Crippen LogP contribution in [0, 0.1) is 0 Å². The van der Waals surface area contributed by atoms with Gasteiger partial charge in [-0.2, -0.15) is 0 Å². The lowest BCUT2D eigenvalue weighted by Crippen LogP contribution is -2.32. The van der Waals surface area contributed by atoms with Gasteiger partial charge < -0.3 is 4.84 Å². The molecule has 5 nitrogen and oxygen atoms in total. The van der Waals surface area contributed by atoms with E-state index in [1.165, 1.54) is 0 Å². The number of hydroxylamine groups is 2. The van der Waals surface area contributed by atoms with Gasteiger partial charge in [0.15, 0.2) is 0 Å². The second-order valence-electron chi connectivity index (χ2n) is 4.64. The van der Waals surface area contributed by atoms with Crippen molar-refractivity contribution in [1.29, 1.82) is 0 Å². The predicted octanol–water partition coefficient (Wildman–Crippen LogP) is 2.82. The van der Waals surface area contributed by atoms with Gasteiger partial charge in [0, 0.05) is 17.3 Å². The van der Waals surface area contributed by atoms with E-state index in [-0.39, 0.29) is 18.4 Å². The molecule has 106 valence electrons. The summed E-state index contributed by atoms with van der Waals surface area (Å²) >= 11 is 3.43. The molecule has 1 heterocycles. The molecule has 0 atom stereocenters. The summed E-state index contributed by atoms with van der Waals surface area (Å²) < 4.78 is 0.921. The fourth-order valence-corrected chi connectivity index (χ4v) is 2.68. The molecule has 1 saturated heterocycles. The molecule has 2 amide bonds. The number of nitrogens with zero attached hydrogens (tertiary/aromatic N) is 1. The summed E-state index contributed by atoms with van der Waals surface area (Å²) in [5, 5.41) is 2.37. The van der Waals surface area contributed by atoms with Crippen molar-refractivity contribution in [1.82, 2.24) is 5.06 Å². The number of carbonyl (C=O) groups excluding carboxylic acids is 3. The monoisotopic (exact) mass is 347 g/mol. The molecular weight excluding hydrogens is 338 g/mol. The molecule has 2 aromatic rings. The molecule has 21 heavy (non-hydrogen) atoms. The first-order valence-electron chi connectivity index (χ1n) is 6.32. The molecule has 0 radical (unpaired) electrons. The van der Waals surface area contributed by atoms with Gasteiger partial charge in [-0.25, -0.2) is 4.79 Å². The summed E-state index contributed by atoms with van der Waals surface area (Å²) in [7, 11) is 0. The van der Waals surface area contributed by atoms with Crippen LogP contribution in [0.3, 0.4) is 0 Å². The van der Waals surface area contributed by atoms with Gasteiger partial charge in [-0.15, -0.1) is 5.06 Å². The van der Waals surface area contributed by atoms with Crippen LogP contribution in [0.15, 0.2) is 40.9 Å². The SMILES string of the molecule is O=C(ON1C(=O)CCC1=O)c1ccc2c(Br)cccc2c1. The van der Waals surface area contributed by atoms with Crippen LogP contribution < -0.4 is 0 Å². The van der Waals surface area contributed by atoms with Gasteiger partial charge in [0.05, 0.1) is 5.56 Å². The van der Waals surface area contributed by atoms with Crippen LogP contribution >= 0.6 is 15.9 Å². The Morgan fingerprint density at radius 3 is 2.52 bits per heavy atom. The summed E-state index contributed by atoms with van der Waals surface area (Å²) in [6.07, 6.45) is 0.160. The number of carbonyl (C=O) groups is 3. The maximum Gasteiger partial charge on any atom is 0.363 e. The van der Waals surface area contributed by atoms with E-state index in [1.54, 1.807) is 18.2 Å². The average Bonchev–Trinajstić information content (AvgIpc) is 2.79. The highest BCUT2D eigenvalue weighted by Crippen LogP contribution is 2.25. The summed E-state index contributed by atoms with van der Waals surface area (Å²) in [5.41, 5.74) is 0.285. The quantitative estimate of drug-likeness (QED) is 0.783. The summed E-state index contributed by atoms with van der Waals surface area (Å²) in [4.78, 5) is 39.8. The summed E-state index contributed by atoms with van der Waals surface area (Å²) in [5.74, 6) is -1.70. The number of fused-ring (bicyclic) bond motifs is 1. The van der Waals surface area contributed by atoms with Gasteiger partial charge >= 0.3 is 5.97 Å². The first kappa shape index (κ1) is 13.8. The Bertz CT molecular complexity index is 755. The Labute approximate surface area is 128 Å². The minimum absolute atomic E-state index is 0.0801. The van der Waals surface area contributed by atoms with E-state index in [1.807, 2.05) is 18.2 Å². The Balaban J connectivity index is 1.88. The molecule has 6 heteroatoms. The van der Waals surface area contributed by atoms with Crippen LogP contribution in [0.5, 0.6) is 0 Å². The third-order valence-electron chi connectivity index (χ3n) is 3.24. The number of rotatable bonds is 2. The average molecular weight is 348 g/mol. The number of amides is 2. The zero-order chi connectivity index (χ0) is 15.0. The van der Waals surface area contributed by atoms with E-state index in [2.05, 4.69) is 15.9 Å². The fraction of sp³-hybridized carbons (Fsp3) is 0.133. The molecule has 3 rings (SSSR count). The molecule has 2 aromatic carbocycles. The van der Waals surface area contributed by atoms with Crippen molar-refractivity contribution in [3.05, 3.63) is 46.4 Å².